The second-order valence-electron chi connectivity index (χ2n) is 5.43. The number of carbonyl (C=O) groups is 1. The molecule has 3 heteroatoms. The molecule has 0 spiro atoms. The van der Waals surface area contributed by atoms with Crippen LogP contribution in [0.25, 0.3) is 0 Å². The van der Waals surface area contributed by atoms with Crippen molar-refractivity contribution in [2.24, 2.45) is 0 Å². The zero-order valence-electron chi connectivity index (χ0n) is 12.7. The van der Waals surface area contributed by atoms with Crippen molar-refractivity contribution in [2.45, 2.75) is 26.7 Å². The van der Waals surface area contributed by atoms with E-state index in [9.17, 15) is 4.79 Å². The third-order valence-corrected chi connectivity index (χ3v) is 3.20. The molecule has 0 fully saturated rings. The van der Waals surface area contributed by atoms with Gasteiger partial charge in [0, 0.05) is 5.69 Å². The summed E-state index contributed by atoms with van der Waals surface area (Å²) < 4.78 is 5.49. The molecule has 110 valence electrons. The Balaban J connectivity index is 1.91. The molecule has 1 N–H and O–H groups in total. The number of amides is 1. The van der Waals surface area contributed by atoms with Crippen LogP contribution in [0.4, 0.5) is 5.69 Å². The molecule has 0 saturated heterocycles. The van der Waals surface area contributed by atoms with E-state index < -0.39 is 0 Å². The quantitative estimate of drug-likeness (QED) is 0.895. The lowest BCUT2D eigenvalue weighted by Crippen LogP contribution is -2.20. The number of carbonyl (C=O) groups excluding carboxylic acids is 1. The molecule has 2 aromatic rings. The highest BCUT2D eigenvalue weighted by atomic mass is 16.5. The zero-order valence-corrected chi connectivity index (χ0v) is 12.7. The molecule has 1 amide bonds. The first-order valence-electron chi connectivity index (χ1n) is 7.14. The average molecular weight is 283 g/mol. The molecular formula is C18H21NO2. The van der Waals surface area contributed by atoms with Crippen molar-refractivity contribution >= 4 is 11.6 Å². The van der Waals surface area contributed by atoms with Gasteiger partial charge in [-0.2, -0.15) is 0 Å². The molecule has 2 aromatic carbocycles. The Labute approximate surface area is 126 Å². The van der Waals surface area contributed by atoms with E-state index in [2.05, 4.69) is 25.2 Å². The summed E-state index contributed by atoms with van der Waals surface area (Å²) in [5, 5.41) is 2.86. The minimum absolute atomic E-state index is 0.00929. The Morgan fingerprint density at radius 1 is 1.14 bits per heavy atom. The molecular weight excluding hydrogens is 262 g/mol. The van der Waals surface area contributed by atoms with E-state index >= 15 is 0 Å². The van der Waals surface area contributed by atoms with Crippen molar-refractivity contribution in [1.82, 2.24) is 0 Å². The van der Waals surface area contributed by atoms with Gasteiger partial charge in [0.1, 0.15) is 5.75 Å². The summed E-state index contributed by atoms with van der Waals surface area (Å²) in [4.78, 5) is 11.9. The number of anilines is 1. The minimum Gasteiger partial charge on any atom is -0.484 e. The van der Waals surface area contributed by atoms with Gasteiger partial charge in [-0.3, -0.25) is 4.79 Å². The first-order valence-corrected chi connectivity index (χ1v) is 7.14. The number of rotatable bonds is 5. The molecule has 0 aliphatic rings. The van der Waals surface area contributed by atoms with Gasteiger partial charge in [-0.25, -0.2) is 0 Å². The Kier molecular flexibility index (Phi) is 4.99. The molecule has 0 aliphatic carbocycles. The summed E-state index contributed by atoms with van der Waals surface area (Å²) in [7, 11) is 0. The van der Waals surface area contributed by atoms with Crippen LogP contribution in [0, 0.1) is 6.92 Å². The van der Waals surface area contributed by atoms with Crippen LogP contribution < -0.4 is 10.1 Å². The van der Waals surface area contributed by atoms with Gasteiger partial charge in [-0.1, -0.05) is 38.1 Å². The predicted molar refractivity (Wildman–Crippen MR) is 85.8 cm³/mol. The first-order chi connectivity index (χ1) is 10.0. The van der Waals surface area contributed by atoms with Gasteiger partial charge in [-0.15, -0.1) is 0 Å². The molecule has 0 bridgehead atoms. The van der Waals surface area contributed by atoms with E-state index in [-0.39, 0.29) is 12.5 Å². The lowest BCUT2D eigenvalue weighted by atomic mass is 10.0. The van der Waals surface area contributed by atoms with Gasteiger partial charge in [0.2, 0.25) is 0 Å². The molecule has 0 aromatic heterocycles. The monoisotopic (exact) mass is 283 g/mol. The fourth-order valence-electron chi connectivity index (χ4n) is 2.03. The number of hydrogen-bond acceptors (Lipinski definition) is 2. The Hall–Kier alpha value is -2.29. The van der Waals surface area contributed by atoms with Crippen LogP contribution in [0.15, 0.2) is 48.5 Å². The number of ether oxygens (including phenoxy) is 1. The standard InChI is InChI=1S/C18H21NO2/c1-13(2)15-7-5-8-16(11-15)19-18(20)12-21-17-9-4-6-14(3)10-17/h4-11,13H,12H2,1-3H3,(H,19,20). The Morgan fingerprint density at radius 2 is 1.90 bits per heavy atom. The van der Waals surface area contributed by atoms with Crippen LogP contribution in [-0.4, -0.2) is 12.5 Å². The molecule has 0 saturated carbocycles. The van der Waals surface area contributed by atoms with Crippen molar-refractivity contribution in [3.05, 3.63) is 59.7 Å². The van der Waals surface area contributed by atoms with E-state index in [0.717, 1.165) is 11.3 Å². The van der Waals surface area contributed by atoms with Crippen LogP contribution in [0.3, 0.4) is 0 Å². The lowest BCUT2D eigenvalue weighted by molar-refractivity contribution is -0.118. The van der Waals surface area contributed by atoms with Gasteiger partial charge in [0.25, 0.3) is 5.91 Å². The Bertz CT molecular complexity index is 620. The molecule has 0 unspecified atom stereocenters. The number of benzene rings is 2. The first kappa shape index (κ1) is 15.1. The topological polar surface area (TPSA) is 38.3 Å². The van der Waals surface area contributed by atoms with E-state index in [1.165, 1.54) is 5.56 Å². The number of nitrogens with one attached hydrogen (secondary N) is 1. The SMILES string of the molecule is Cc1cccc(OCC(=O)Nc2cccc(C(C)C)c2)c1. The summed E-state index contributed by atoms with van der Waals surface area (Å²) in [5.41, 5.74) is 3.11. The number of hydrogen-bond donors (Lipinski definition) is 1. The van der Waals surface area contributed by atoms with Gasteiger partial charge in [0.05, 0.1) is 0 Å². The maximum Gasteiger partial charge on any atom is 0.262 e. The summed E-state index contributed by atoms with van der Waals surface area (Å²) in [6.45, 7) is 6.25. The van der Waals surface area contributed by atoms with Gasteiger partial charge in [-0.05, 0) is 48.2 Å². The van der Waals surface area contributed by atoms with E-state index in [0.29, 0.717) is 11.7 Å². The molecule has 0 aliphatic heterocycles. The van der Waals surface area contributed by atoms with Gasteiger partial charge < -0.3 is 10.1 Å². The Morgan fingerprint density at radius 3 is 2.62 bits per heavy atom. The van der Waals surface area contributed by atoms with Crippen molar-refractivity contribution in [1.29, 1.82) is 0 Å². The van der Waals surface area contributed by atoms with Crippen LogP contribution in [0.2, 0.25) is 0 Å². The second-order valence-corrected chi connectivity index (χ2v) is 5.43. The second kappa shape index (κ2) is 6.93. The highest BCUT2D eigenvalue weighted by Gasteiger charge is 2.05. The highest BCUT2D eigenvalue weighted by molar-refractivity contribution is 5.91. The third-order valence-electron chi connectivity index (χ3n) is 3.20. The van der Waals surface area contributed by atoms with E-state index in [1.54, 1.807) is 0 Å². The number of aryl methyl sites for hydroxylation is 1. The van der Waals surface area contributed by atoms with Crippen molar-refractivity contribution in [2.75, 3.05) is 11.9 Å². The fraction of sp³-hybridized carbons (Fsp3) is 0.278. The average Bonchev–Trinajstić information content (AvgIpc) is 2.45. The summed E-state index contributed by atoms with van der Waals surface area (Å²) in [5.74, 6) is 0.990. The highest BCUT2D eigenvalue weighted by Crippen LogP contribution is 2.18. The van der Waals surface area contributed by atoms with Crippen LogP contribution in [0.5, 0.6) is 5.75 Å². The van der Waals surface area contributed by atoms with Crippen LogP contribution >= 0.6 is 0 Å². The summed E-state index contributed by atoms with van der Waals surface area (Å²) in [6, 6.07) is 15.5. The summed E-state index contributed by atoms with van der Waals surface area (Å²) in [6.07, 6.45) is 0. The zero-order chi connectivity index (χ0) is 15.2. The van der Waals surface area contributed by atoms with Crippen LogP contribution in [0.1, 0.15) is 30.9 Å². The minimum atomic E-state index is -0.155. The predicted octanol–water partition coefficient (Wildman–Crippen LogP) is 4.14. The molecule has 0 atom stereocenters. The molecule has 3 nitrogen and oxygen atoms in total. The molecule has 21 heavy (non-hydrogen) atoms. The maximum absolute atomic E-state index is 11.9. The van der Waals surface area contributed by atoms with Crippen molar-refractivity contribution in [3.8, 4) is 5.75 Å². The fourth-order valence-corrected chi connectivity index (χ4v) is 2.03. The van der Waals surface area contributed by atoms with E-state index in [4.69, 9.17) is 4.74 Å². The maximum atomic E-state index is 11.9. The smallest absolute Gasteiger partial charge is 0.262 e. The molecule has 0 heterocycles. The van der Waals surface area contributed by atoms with Gasteiger partial charge >= 0.3 is 0 Å². The third kappa shape index (κ3) is 4.63. The summed E-state index contributed by atoms with van der Waals surface area (Å²) >= 11 is 0. The lowest BCUT2D eigenvalue weighted by Gasteiger charge is -2.10. The van der Waals surface area contributed by atoms with Crippen molar-refractivity contribution < 1.29 is 9.53 Å². The van der Waals surface area contributed by atoms with Crippen LogP contribution in [-0.2, 0) is 4.79 Å². The molecule has 2 rings (SSSR count). The van der Waals surface area contributed by atoms with Crippen molar-refractivity contribution in [3.63, 3.8) is 0 Å². The van der Waals surface area contributed by atoms with E-state index in [1.807, 2.05) is 49.4 Å². The van der Waals surface area contributed by atoms with Gasteiger partial charge in [0.15, 0.2) is 6.61 Å². The normalized spacial score (nSPS) is 10.5. The molecule has 0 radical (unpaired) electrons. The largest absolute Gasteiger partial charge is 0.484 e.